The van der Waals surface area contributed by atoms with E-state index in [2.05, 4.69) is 4.98 Å². The van der Waals surface area contributed by atoms with E-state index in [0.29, 0.717) is 10.2 Å². The Bertz CT molecular complexity index is 910. The first-order valence-electron chi connectivity index (χ1n) is 7.07. The molecule has 0 aliphatic rings. The van der Waals surface area contributed by atoms with Crippen molar-refractivity contribution in [1.82, 2.24) is 9.55 Å². The summed E-state index contributed by atoms with van der Waals surface area (Å²) in [5.41, 5.74) is 1.76. The molecule has 0 spiro atoms. The molecule has 2 heterocycles. The van der Waals surface area contributed by atoms with Crippen LogP contribution >= 0.6 is 11.3 Å². The Hall–Kier alpha value is -2.27. The number of ketones is 1. The van der Waals surface area contributed by atoms with Gasteiger partial charge in [0.05, 0.1) is 17.8 Å². The number of fused-ring (bicyclic) bond motifs is 1. The van der Waals surface area contributed by atoms with Crippen LogP contribution in [0.5, 0.6) is 0 Å². The molecule has 0 saturated carbocycles. The summed E-state index contributed by atoms with van der Waals surface area (Å²) in [5.74, 6) is -0.0588. The molecule has 0 radical (unpaired) electrons. The highest BCUT2D eigenvalue weighted by atomic mass is 32.1. The van der Waals surface area contributed by atoms with Crippen LogP contribution in [0.2, 0.25) is 0 Å². The van der Waals surface area contributed by atoms with Crippen molar-refractivity contribution in [2.75, 3.05) is 0 Å². The quantitative estimate of drug-likeness (QED) is 0.742. The van der Waals surface area contributed by atoms with E-state index in [0.717, 1.165) is 16.0 Å². The van der Waals surface area contributed by atoms with Crippen molar-refractivity contribution in [2.24, 2.45) is 0 Å². The summed E-state index contributed by atoms with van der Waals surface area (Å²) in [4.78, 5) is 30.6. The van der Waals surface area contributed by atoms with Gasteiger partial charge in [-0.25, -0.2) is 4.98 Å². The highest BCUT2D eigenvalue weighted by Gasteiger charge is 2.19. The van der Waals surface area contributed by atoms with E-state index in [9.17, 15) is 9.59 Å². The van der Waals surface area contributed by atoms with Gasteiger partial charge < -0.3 is 0 Å². The molecule has 5 heteroatoms. The van der Waals surface area contributed by atoms with E-state index in [1.165, 1.54) is 29.2 Å². The number of benzene rings is 1. The molecular formula is C17H16N2O2S. The molecule has 0 bridgehead atoms. The normalized spacial score (nSPS) is 12.5. The fourth-order valence-electron chi connectivity index (χ4n) is 2.54. The molecule has 112 valence electrons. The monoisotopic (exact) mass is 312 g/mol. The molecule has 1 aromatic carbocycles. The number of nitrogens with zero attached hydrogens (tertiary/aromatic N) is 2. The Morgan fingerprint density at radius 2 is 1.95 bits per heavy atom. The third kappa shape index (κ3) is 2.27. The third-order valence-corrected chi connectivity index (χ3v) is 4.89. The van der Waals surface area contributed by atoms with Gasteiger partial charge in [0.1, 0.15) is 4.83 Å². The Morgan fingerprint density at radius 1 is 1.27 bits per heavy atom. The van der Waals surface area contributed by atoms with Gasteiger partial charge in [-0.1, -0.05) is 30.3 Å². The van der Waals surface area contributed by atoms with E-state index in [1.54, 1.807) is 6.92 Å². The van der Waals surface area contributed by atoms with Crippen LogP contribution in [0.3, 0.4) is 0 Å². The van der Waals surface area contributed by atoms with Gasteiger partial charge in [0.25, 0.3) is 5.56 Å². The minimum absolute atomic E-state index is 0.0588. The maximum Gasteiger partial charge on any atom is 0.263 e. The molecule has 3 aromatic rings. The number of rotatable bonds is 3. The highest BCUT2D eigenvalue weighted by Crippen LogP contribution is 2.35. The number of carbonyl (C=O) groups excluding carboxylic acids is 1. The minimum atomic E-state index is -0.506. The Balaban J connectivity index is 2.35. The summed E-state index contributed by atoms with van der Waals surface area (Å²) in [6, 6.07) is 9.31. The number of carbonyl (C=O) groups is 1. The molecule has 0 aliphatic heterocycles. The molecular weight excluding hydrogens is 296 g/mol. The second-order valence-corrected chi connectivity index (χ2v) is 6.53. The van der Waals surface area contributed by atoms with Gasteiger partial charge in [0.2, 0.25) is 0 Å². The lowest BCUT2D eigenvalue weighted by atomic mass is 10.0. The lowest BCUT2D eigenvalue weighted by Gasteiger charge is -2.11. The van der Waals surface area contributed by atoms with Crippen LogP contribution in [0.25, 0.3) is 21.3 Å². The van der Waals surface area contributed by atoms with E-state index < -0.39 is 6.04 Å². The fraction of sp³-hybridized carbons (Fsp3) is 0.235. The van der Waals surface area contributed by atoms with Gasteiger partial charge in [-0.15, -0.1) is 11.3 Å². The number of hydrogen-bond acceptors (Lipinski definition) is 4. The topological polar surface area (TPSA) is 52.0 Å². The van der Waals surface area contributed by atoms with Crippen LogP contribution in [-0.4, -0.2) is 15.3 Å². The van der Waals surface area contributed by atoms with Gasteiger partial charge >= 0.3 is 0 Å². The summed E-state index contributed by atoms with van der Waals surface area (Å²) in [6.45, 7) is 5.20. The molecule has 0 aliphatic carbocycles. The molecule has 0 N–H and O–H groups in total. The van der Waals surface area contributed by atoms with Crippen LogP contribution in [0.15, 0.2) is 41.5 Å². The van der Waals surface area contributed by atoms with Crippen LogP contribution in [-0.2, 0) is 4.79 Å². The van der Waals surface area contributed by atoms with E-state index in [1.807, 2.05) is 37.3 Å². The number of aromatic nitrogens is 2. The smallest absolute Gasteiger partial charge is 0.263 e. The van der Waals surface area contributed by atoms with Crippen molar-refractivity contribution in [1.29, 1.82) is 0 Å². The molecule has 4 nitrogen and oxygen atoms in total. The Labute approximate surface area is 132 Å². The zero-order valence-corrected chi connectivity index (χ0v) is 13.5. The Kier molecular flexibility index (Phi) is 3.66. The highest BCUT2D eigenvalue weighted by molar-refractivity contribution is 7.19. The maximum absolute atomic E-state index is 12.9. The average molecular weight is 312 g/mol. The molecule has 3 rings (SSSR count). The van der Waals surface area contributed by atoms with Crippen LogP contribution in [0.4, 0.5) is 0 Å². The van der Waals surface area contributed by atoms with Crippen molar-refractivity contribution >= 4 is 27.3 Å². The van der Waals surface area contributed by atoms with Crippen LogP contribution in [0.1, 0.15) is 24.8 Å². The molecule has 0 amide bonds. The first kappa shape index (κ1) is 14.7. The summed E-state index contributed by atoms with van der Waals surface area (Å²) in [5, 5.41) is 0.601. The number of thiophene rings is 1. The standard InChI is InChI=1S/C17H16N2O2S/c1-10(11(2)20)19-9-18-16-15(17(19)21)14(12(3)22-16)13-7-5-4-6-8-13/h4-10H,1-3H3/t10-/m1/s1. The molecule has 0 unspecified atom stereocenters. The number of aryl methyl sites for hydroxylation is 1. The van der Waals surface area contributed by atoms with Crippen molar-refractivity contribution in [3.8, 4) is 11.1 Å². The van der Waals surface area contributed by atoms with Gasteiger partial charge in [-0.3, -0.25) is 14.2 Å². The molecule has 0 saturated heterocycles. The maximum atomic E-state index is 12.9. The largest absolute Gasteiger partial charge is 0.298 e. The predicted octanol–water partition coefficient (Wildman–Crippen LogP) is 3.58. The van der Waals surface area contributed by atoms with Gasteiger partial charge in [-0.05, 0) is 26.3 Å². The zero-order chi connectivity index (χ0) is 15.9. The van der Waals surface area contributed by atoms with Crippen molar-refractivity contribution in [3.63, 3.8) is 0 Å². The van der Waals surface area contributed by atoms with E-state index in [4.69, 9.17) is 0 Å². The van der Waals surface area contributed by atoms with Crippen molar-refractivity contribution < 1.29 is 4.79 Å². The fourth-order valence-corrected chi connectivity index (χ4v) is 3.54. The predicted molar refractivity (Wildman–Crippen MR) is 89.4 cm³/mol. The first-order valence-corrected chi connectivity index (χ1v) is 7.88. The second-order valence-electron chi connectivity index (χ2n) is 5.32. The first-order chi connectivity index (χ1) is 10.5. The number of Topliss-reactive ketones (excluding diaryl/α,β-unsaturated/α-hetero) is 1. The van der Waals surface area contributed by atoms with Crippen LogP contribution < -0.4 is 5.56 Å². The molecule has 0 fully saturated rings. The molecule has 22 heavy (non-hydrogen) atoms. The molecule has 1 atom stereocenters. The SMILES string of the molecule is CC(=O)[C@@H](C)n1cnc2sc(C)c(-c3ccccc3)c2c1=O. The Morgan fingerprint density at radius 3 is 2.59 bits per heavy atom. The van der Waals surface area contributed by atoms with E-state index >= 15 is 0 Å². The third-order valence-electron chi connectivity index (χ3n) is 3.88. The zero-order valence-electron chi connectivity index (χ0n) is 12.7. The lowest BCUT2D eigenvalue weighted by Crippen LogP contribution is -2.27. The van der Waals surface area contributed by atoms with Gasteiger partial charge in [0.15, 0.2) is 5.78 Å². The summed E-state index contributed by atoms with van der Waals surface area (Å²) < 4.78 is 1.42. The summed E-state index contributed by atoms with van der Waals surface area (Å²) in [6.07, 6.45) is 1.47. The minimum Gasteiger partial charge on any atom is -0.298 e. The lowest BCUT2D eigenvalue weighted by molar-refractivity contribution is -0.119. The van der Waals surface area contributed by atoms with Crippen molar-refractivity contribution in [2.45, 2.75) is 26.8 Å². The second kappa shape index (κ2) is 5.50. The molecule has 2 aromatic heterocycles. The van der Waals surface area contributed by atoms with Gasteiger partial charge in [-0.2, -0.15) is 0 Å². The summed E-state index contributed by atoms with van der Waals surface area (Å²) in [7, 11) is 0. The van der Waals surface area contributed by atoms with Gasteiger partial charge in [0, 0.05) is 10.4 Å². The van der Waals surface area contributed by atoms with Crippen molar-refractivity contribution in [3.05, 3.63) is 51.9 Å². The van der Waals surface area contributed by atoms with Crippen LogP contribution in [0, 0.1) is 6.92 Å². The van der Waals surface area contributed by atoms with E-state index in [-0.39, 0.29) is 11.3 Å². The summed E-state index contributed by atoms with van der Waals surface area (Å²) >= 11 is 1.51. The average Bonchev–Trinajstić information content (AvgIpc) is 2.85. The number of hydrogen-bond donors (Lipinski definition) is 0.